The van der Waals surface area contributed by atoms with Gasteiger partial charge in [0.15, 0.2) is 0 Å². The molecule has 0 spiro atoms. The summed E-state index contributed by atoms with van der Waals surface area (Å²) in [7, 11) is 0. The molecule has 0 fully saturated rings. The molecule has 1 amide bonds. The van der Waals surface area contributed by atoms with E-state index in [9.17, 15) is 4.79 Å². The number of hydrogen-bond acceptors (Lipinski definition) is 4. The molecule has 0 aliphatic carbocycles. The molecule has 2 aromatic carbocycles. The molecule has 0 atom stereocenters. The van der Waals surface area contributed by atoms with Crippen LogP contribution in [0.25, 0.3) is 0 Å². The summed E-state index contributed by atoms with van der Waals surface area (Å²) in [5.41, 5.74) is 2.97. The lowest BCUT2D eigenvalue weighted by Crippen LogP contribution is -2.14. The number of aryl methyl sites for hydroxylation is 2. The zero-order chi connectivity index (χ0) is 20.8. The maximum Gasteiger partial charge on any atom is 0.257 e. The highest BCUT2D eigenvalue weighted by atomic mass is 16.5. The van der Waals surface area contributed by atoms with Crippen molar-refractivity contribution < 1.29 is 14.3 Å². The zero-order valence-electron chi connectivity index (χ0n) is 17.2. The third kappa shape index (κ3) is 5.57. The third-order valence-electron chi connectivity index (χ3n) is 4.28. The van der Waals surface area contributed by atoms with Crippen molar-refractivity contribution in [3.63, 3.8) is 0 Å². The van der Waals surface area contributed by atoms with Gasteiger partial charge in [0.25, 0.3) is 5.91 Å². The third-order valence-corrected chi connectivity index (χ3v) is 4.28. The molecule has 1 aromatic heterocycles. The van der Waals surface area contributed by atoms with E-state index in [0.29, 0.717) is 22.7 Å². The van der Waals surface area contributed by atoms with E-state index in [1.54, 1.807) is 0 Å². The number of ether oxygens (including phenoxy) is 2. The summed E-state index contributed by atoms with van der Waals surface area (Å²) in [5.74, 6) is 1.96. The van der Waals surface area contributed by atoms with Crippen LogP contribution in [0, 0.1) is 6.92 Å². The first-order valence-electron chi connectivity index (χ1n) is 9.77. The van der Waals surface area contributed by atoms with Crippen LogP contribution in [-0.2, 0) is 6.42 Å². The van der Waals surface area contributed by atoms with Crippen molar-refractivity contribution in [2.45, 2.75) is 40.2 Å². The molecule has 1 N–H and O–H groups in total. The number of nitrogens with zero attached hydrogens (tertiary/aromatic N) is 1. The van der Waals surface area contributed by atoms with Gasteiger partial charge in [0.1, 0.15) is 17.2 Å². The fourth-order valence-electron chi connectivity index (χ4n) is 2.87. The fourth-order valence-corrected chi connectivity index (χ4v) is 2.87. The average molecular weight is 390 g/mol. The number of benzene rings is 2. The Kier molecular flexibility index (Phi) is 6.50. The monoisotopic (exact) mass is 390 g/mol. The highest BCUT2D eigenvalue weighted by Gasteiger charge is 2.11. The number of carbonyl (C=O) groups is 1. The topological polar surface area (TPSA) is 60.5 Å². The molecule has 0 saturated carbocycles. The number of nitrogens with one attached hydrogen (secondary N) is 1. The number of hydrogen-bond donors (Lipinski definition) is 1. The highest BCUT2D eigenvalue weighted by Crippen LogP contribution is 2.27. The van der Waals surface area contributed by atoms with Gasteiger partial charge in [-0.1, -0.05) is 13.0 Å². The minimum atomic E-state index is -0.176. The summed E-state index contributed by atoms with van der Waals surface area (Å²) in [5, 5.41) is 2.90. The Bertz CT molecular complexity index is 982. The van der Waals surface area contributed by atoms with Gasteiger partial charge in [0, 0.05) is 17.4 Å². The van der Waals surface area contributed by atoms with E-state index in [4.69, 9.17) is 9.47 Å². The van der Waals surface area contributed by atoms with E-state index in [1.807, 2.05) is 88.4 Å². The second-order valence-corrected chi connectivity index (χ2v) is 7.01. The summed E-state index contributed by atoms with van der Waals surface area (Å²) >= 11 is 0. The van der Waals surface area contributed by atoms with Crippen molar-refractivity contribution >= 4 is 11.6 Å². The van der Waals surface area contributed by atoms with E-state index >= 15 is 0 Å². The fraction of sp³-hybridized carbons (Fsp3) is 0.250. The number of aromatic nitrogens is 1. The Balaban J connectivity index is 1.65. The minimum Gasteiger partial charge on any atom is -0.491 e. The van der Waals surface area contributed by atoms with Gasteiger partial charge in [0.05, 0.1) is 17.4 Å². The van der Waals surface area contributed by atoms with Crippen molar-refractivity contribution in [3.05, 3.63) is 77.6 Å². The molecule has 3 rings (SSSR count). The Morgan fingerprint density at radius 1 is 1.00 bits per heavy atom. The number of rotatable bonds is 7. The second-order valence-electron chi connectivity index (χ2n) is 7.01. The molecule has 3 aromatic rings. The van der Waals surface area contributed by atoms with Gasteiger partial charge in [-0.05, 0) is 75.7 Å². The van der Waals surface area contributed by atoms with E-state index in [2.05, 4.69) is 10.3 Å². The first-order valence-corrected chi connectivity index (χ1v) is 9.77. The van der Waals surface area contributed by atoms with Gasteiger partial charge >= 0.3 is 0 Å². The maximum absolute atomic E-state index is 12.5. The normalized spacial score (nSPS) is 10.7. The molecular weight excluding hydrogens is 364 g/mol. The van der Waals surface area contributed by atoms with Crippen molar-refractivity contribution in [2.75, 3.05) is 5.32 Å². The van der Waals surface area contributed by atoms with Gasteiger partial charge in [-0.25, -0.2) is 0 Å². The standard InChI is InChI=1S/C24H26N2O3/c1-5-18-11-14-23(17(4)25-18)24(27)26-19-9-12-20(13-10-19)29-22-8-6-7-21(15-22)28-16(2)3/h6-16H,5H2,1-4H3,(H,26,27). The van der Waals surface area contributed by atoms with Crippen molar-refractivity contribution in [1.29, 1.82) is 0 Å². The Labute approximate surface area is 171 Å². The van der Waals surface area contributed by atoms with Crippen LogP contribution in [-0.4, -0.2) is 17.0 Å². The number of carbonyl (C=O) groups excluding carboxylic acids is 1. The summed E-state index contributed by atoms with van der Waals surface area (Å²) in [6.07, 6.45) is 0.946. The molecule has 0 bridgehead atoms. The van der Waals surface area contributed by atoms with Gasteiger partial charge in [-0.2, -0.15) is 0 Å². The van der Waals surface area contributed by atoms with Gasteiger partial charge in [0.2, 0.25) is 0 Å². The number of anilines is 1. The molecule has 0 aliphatic heterocycles. The van der Waals surface area contributed by atoms with Gasteiger partial charge < -0.3 is 14.8 Å². The predicted molar refractivity (Wildman–Crippen MR) is 115 cm³/mol. The smallest absolute Gasteiger partial charge is 0.257 e. The molecule has 0 radical (unpaired) electrons. The molecule has 5 nitrogen and oxygen atoms in total. The summed E-state index contributed by atoms with van der Waals surface area (Å²) in [6.45, 7) is 7.85. The van der Waals surface area contributed by atoms with Crippen molar-refractivity contribution in [2.24, 2.45) is 0 Å². The van der Waals surface area contributed by atoms with E-state index in [0.717, 1.165) is 23.6 Å². The average Bonchev–Trinajstić information content (AvgIpc) is 2.69. The molecule has 1 heterocycles. The van der Waals surface area contributed by atoms with Crippen LogP contribution >= 0.6 is 0 Å². The van der Waals surface area contributed by atoms with E-state index < -0.39 is 0 Å². The van der Waals surface area contributed by atoms with Crippen LogP contribution in [0.15, 0.2) is 60.7 Å². The Morgan fingerprint density at radius 2 is 1.72 bits per heavy atom. The summed E-state index contributed by atoms with van der Waals surface area (Å²) < 4.78 is 11.6. The Hall–Kier alpha value is -3.34. The quantitative estimate of drug-likeness (QED) is 0.555. The van der Waals surface area contributed by atoms with Crippen LogP contribution in [0.1, 0.15) is 42.5 Å². The second kappa shape index (κ2) is 9.24. The SMILES string of the molecule is CCc1ccc(C(=O)Nc2ccc(Oc3cccc(OC(C)C)c3)cc2)c(C)n1. The first kappa shape index (κ1) is 20.4. The lowest BCUT2D eigenvalue weighted by atomic mass is 10.1. The predicted octanol–water partition coefficient (Wildman–Crippen LogP) is 5.78. The van der Waals surface area contributed by atoms with Crippen molar-refractivity contribution in [1.82, 2.24) is 4.98 Å². The largest absolute Gasteiger partial charge is 0.491 e. The highest BCUT2D eigenvalue weighted by molar-refractivity contribution is 6.05. The number of pyridine rings is 1. The minimum absolute atomic E-state index is 0.102. The molecule has 29 heavy (non-hydrogen) atoms. The van der Waals surface area contributed by atoms with Crippen LogP contribution < -0.4 is 14.8 Å². The van der Waals surface area contributed by atoms with Crippen LogP contribution in [0.4, 0.5) is 5.69 Å². The molecule has 0 unspecified atom stereocenters. The van der Waals surface area contributed by atoms with Crippen LogP contribution in [0.3, 0.4) is 0 Å². The maximum atomic E-state index is 12.5. The summed E-state index contributed by atoms with van der Waals surface area (Å²) in [6, 6.07) is 18.5. The van der Waals surface area contributed by atoms with E-state index in [-0.39, 0.29) is 12.0 Å². The van der Waals surface area contributed by atoms with Crippen LogP contribution in [0.5, 0.6) is 17.2 Å². The molecule has 0 saturated heterocycles. The first-order chi connectivity index (χ1) is 13.9. The lowest BCUT2D eigenvalue weighted by Gasteiger charge is -2.12. The Morgan fingerprint density at radius 3 is 2.38 bits per heavy atom. The zero-order valence-corrected chi connectivity index (χ0v) is 17.2. The van der Waals surface area contributed by atoms with Crippen molar-refractivity contribution in [3.8, 4) is 17.2 Å². The van der Waals surface area contributed by atoms with E-state index in [1.165, 1.54) is 0 Å². The van der Waals surface area contributed by atoms with Gasteiger partial charge in [-0.3, -0.25) is 9.78 Å². The molecule has 150 valence electrons. The van der Waals surface area contributed by atoms with Crippen LogP contribution in [0.2, 0.25) is 0 Å². The molecular formula is C24H26N2O3. The molecule has 5 heteroatoms. The summed E-state index contributed by atoms with van der Waals surface area (Å²) in [4.78, 5) is 17.0. The lowest BCUT2D eigenvalue weighted by molar-refractivity contribution is 0.102. The van der Waals surface area contributed by atoms with Gasteiger partial charge in [-0.15, -0.1) is 0 Å². The number of amides is 1. The molecule has 0 aliphatic rings.